The fourth-order valence-electron chi connectivity index (χ4n) is 3.12. The van der Waals surface area contributed by atoms with Gasteiger partial charge >= 0.3 is 5.97 Å². The summed E-state index contributed by atoms with van der Waals surface area (Å²) < 4.78 is 5.34. The first-order chi connectivity index (χ1) is 12.8. The van der Waals surface area contributed by atoms with Gasteiger partial charge in [0.05, 0.1) is 0 Å². The van der Waals surface area contributed by atoms with Crippen molar-refractivity contribution >= 4 is 17.8 Å². The van der Waals surface area contributed by atoms with E-state index < -0.39 is 18.1 Å². The van der Waals surface area contributed by atoms with E-state index in [0.717, 1.165) is 31.2 Å². The first-order valence-corrected chi connectivity index (χ1v) is 9.66. The van der Waals surface area contributed by atoms with Crippen LogP contribution >= 0.6 is 0 Å². The number of hydrogen-bond acceptors (Lipinski definition) is 4. The van der Waals surface area contributed by atoms with Gasteiger partial charge < -0.3 is 15.4 Å². The Labute approximate surface area is 161 Å². The number of ether oxygens (including phenoxy) is 1. The van der Waals surface area contributed by atoms with E-state index in [1.54, 1.807) is 19.1 Å². The normalized spacial score (nSPS) is 16.6. The van der Waals surface area contributed by atoms with Crippen molar-refractivity contribution in [1.29, 1.82) is 0 Å². The molecule has 148 valence electrons. The standard InChI is InChI=1S/C21H30N2O4/c1-13(2)18(23-20(25)16-11-9-14(3)10-12-16)21(26)27-15(4)19(24)22-17-7-5-6-8-17/h9-13,15,17-18H,5-8H2,1-4H3,(H,22,24)(H,23,25)/t15-,18-/m1/s1. The van der Waals surface area contributed by atoms with Gasteiger partial charge in [0.25, 0.3) is 11.8 Å². The van der Waals surface area contributed by atoms with Gasteiger partial charge in [0.1, 0.15) is 6.04 Å². The average molecular weight is 374 g/mol. The van der Waals surface area contributed by atoms with Gasteiger partial charge in [-0.15, -0.1) is 0 Å². The van der Waals surface area contributed by atoms with E-state index in [2.05, 4.69) is 10.6 Å². The number of nitrogens with one attached hydrogen (secondary N) is 2. The van der Waals surface area contributed by atoms with Crippen molar-refractivity contribution in [2.75, 3.05) is 0 Å². The van der Waals surface area contributed by atoms with Gasteiger partial charge in [-0.3, -0.25) is 9.59 Å². The van der Waals surface area contributed by atoms with E-state index in [4.69, 9.17) is 4.74 Å². The molecule has 2 amide bonds. The Kier molecular flexibility index (Phi) is 7.39. The molecule has 1 aliphatic carbocycles. The minimum atomic E-state index is -0.893. The average Bonchev–Trinajstić information content (AvgIpc) is 3.12. The van der Waals surface area contributed by atoms with Crippen molar-refractivity contribution in [1.82, 2.24) is 10.6 Å². The zero-order valence-corrected chi connectivity index (χ0v) is 16.6. The van der Waals surface area contributed by atoms with Crippen LogP contribution in [0.25, 0.3) is 0 Å². The van der Waals surface area contributed by atoms with Gasteiger partial charge in [0.2, 0.25) is 0 Å². The van der Waals surface area contributed by atoms with Crippen LogP contribution in [0.5, 0.6) is 0 Å². The molecule has 1 aromatic rings. The molecule has 0 saturated heterocycles. The van der Waals surface area contributed by atoms with Crippen molar-refractivity contribution in [3.63, 3.8) is 0 Å². The Balaban J connectivity index is 1.94. The van der Waals surface area contributed by atoms with E-state index in [-0.39, 0.29) is 23.8 Å². The smallest absolute Gasteiger partial charge is 0.329 e. The molecular formula is C21H30N2O4. The highest BCUT2D eigenvalue weighted by molar-refractivity contribution is 5.97. The molecule has 0 heterocycles. The van der Waals surface area contributed by atoms with Crippen molar-refractivity contribution < 1.29 is 19.1 Å². The molecule has 0 spiro atoms. The molecule has 0 aliphatic heterocycles. The van der Waals surface area contributed by atoms with Crippen LogP contribution in [0.3, 0.4) is 0 Å². The second kappa shape index (κ2) is 9.53. The zero-order valence-electron chi connectivity index (χ0n) is 16.6. The summed E-state index contributed by atoms with van der Waals surface area (Å²) in [5.41, 5.74) is 1.53. The summed E-state index contributed by atoms with van der Waals surface area (Å²) in [7, 11) is 0. The highest BCUT2D eigenvalue weighted by Gasteiger charge is 2.30. The van der Waals surface area contributed by atoms with Crippen LogP contribution in [-0.2, 0) is 14.3 Å². The monoisotopic (exact) mass is 374 g/mol. The molecule has 0 aromatic heterocycles. The lowest BCUT2D eigenvalue weighted by Gasteiger charge is -2.23. The summed E-state index contributed by atoms with van der Waals surface area (Å²) in [4.78, 5) is 37.2. The molecule has 0 unspecified atom stereocenters. The third kappa shape index (κ3) is 6.08. The topological polar surface area (TPSA) is 84.5 Å². The minimum Gasteiger partial charge on any atom is -0.451 e. The van der Waals surface area contributed by atoms with Crippen LogP contribution in [0.15, 0.2) is 24.3 Å². The molecule has 6 heteroatoms. The van der Waals surface area contributed by atoms with Crippen LogP contribution in [0.4, 0.5) is 0 Å². The summed E-state index contributed by atoms with van der Waals surface area (Å²) in [6, 6.07) is 6.46. The summed E-state index contributed by atoms with van der Waals surface area (Å²) in [5, 5.41) is 5.64. The third-order valence-electron chi connectivity index (χ3n) is 4.88. The van der Waals surface area contributed by atoms with Gasteiger partial charge in [0.15, 0.2) is 6.10 Å². The molecule has 2 atom stereocenters. The molecule has 1 aromatic carbocycles. The van der Waals surface area contributed by atoms with Crippen molar-refractivity contribution in [3.05, 3.63) is 35.4 Å². The third-order valence-corrected chi connectivity index (χ3v) is 4.88. The molecular weight excluding hydrogens is 344 g/mol. The number of carbonyl (C=O) groups excluding carboxylic acids is 3. The highest BCUT2D eigenvalue weighted by Crippen LogP contribution is 2.18. The van der Waals surface area contributed by atoms with Crippen LogP contribution in [0, 0.1) is 12.8 Å². The number of carbonyl (C=O) groups is 3. The molecule has 1 saturated carbocycles. The minimum absolute atomic E-state index is 0.167. The molecule has 27 heavy (non-hydrogen) atoms. The number of hydrogen-bond donors (Lipinski definition) is 2. The highest BCUT2D eigenvalue weighted by atomic mass is 16.5. The lowest BCUT2D eigenvalue weighted by Crippen LogP contribution is -2.48. The Morgan fingerprint density at radius 3 is 2.19 bits per heavy atom. The van der Waals surface area contributed by atoms with Crippen LogP contribution in [0.1, 0.15) is 62.4 Å². The fraction of sp³-hybridized carbons (Fsp3) is 0.571. The molecule has 0 bridgehead atoms. The second-order valence-corrected chi connectivity index (χ2v) is 7.63. The number of aryl methyl sites for hydroxylation is 1. The van der Waals surface area contributed by atoms with Gasteiger partial charge in [0, 0.05) is 11.6 Å². The van der Waals surface area contributed by atoms with Gasteiger partial charge in [-0.05, 0) is 44.7 Å². The van der Waals surface area contributed by atoms with E-state index in [0.29, 0.717) is 5.56 Å². The maximum Gasteiger partial charge on any atom is 0.329 e. The van der Waals surface area contributed by atoms with Gasteiger partial charge in [-0.2, -0.15) is 0 Å². The van der Waals surface area contributed by atoms with Crippen molar-refractivity contribution in [2.45, 2.75) is 71.6 Å². The van der Waals surface area contributed by atoms with Crippen molar-refractivity contribution in [3.8, 4) is 0 Å². The van der Waals surface area contributed by atoms with Crippen molar-refractivity contribution in [2.24, 2.45) is 5.92 Å². The molecule has 2 rings (SSSR count). The summed E-state index contributed by atoms with van der Waals surface area (Å²) in [6.45, 7) is 7.14. The summed E-state index contributed by atoms with van der Waals surface area (Å²) in [5.74, 6) is -1.40. The maximum absolute atomic E-state index is 12.5. The summed E-state index contributed by atoms with van der Waals surface area (Å²) >= 11 is 0. The largest absolute Gasteiger partial charge is 0.451 e. The second-order valence-electron chi connectivity index (χ2n) is 7.63. The number of benzene rings is 1. The molecule has 1 fully saturated rings. The Hall–Kier alpha value is -2.37. The van der Waals surface area contributed by atoms with Crippen LogP contribution in [0.2, 0.25) is 0 Å². The summed E-state index contributed by atoms with van der Waals surface area (Å²) in [6.07, 6.45) is 3.26. The van der Waals surface area contributed by atoms with E-state index in [1.807, 2.05) is 32.9 Å². The quantitative estimate of drug-likeness (QED) is 0.719. The van der Waals surface area contributed by atoms with Crippen LogP contribution in [-0.4, -0.2) is 36.0 Å². The molecule has 1 aliphatic rings. The number of amides is 2. The number of rotatable bonds is 7. The Morgan fingerprint density at radius 1 is 1.04 bits per heavy atom. The van der Waals surface area contributed by atoms with Crippen LogP contribution < -0.4 is 10.6 Å². The Bertz CT molecular complexity index is 663. The lowest BCUT2D eigenvalue weighted by molar-refractivity contribution is -0.157. The van der Waals surface area contributed by atoms with E-state index in [1.165, 1.54) is 0 Å². The SMILES string of the molecule is Cc1ccc(C(=O)N[C@@H](C(=O)O[C@H](C)C(=O)NC2CCCC2)C(C)C)cc1. The maximum atomic E-state index is 12.5. The van der Waals surface area contributed by atoms with E-state index in [9.17, 15) is 14.4 Å². The fourth-order valence-corrected chi connectivity index (χ4v) is 3.12. The predicted molar refractivity (Wildman–Crippen MR) is 103 cm³/mol. The van der Waals surface area contributed by atoms with Gasteiger partial charge in [-0.25, -0.2) is 4.79 Å². The first kappa shape index (κ1) is 20.9. The van der Waals surface area contributed by atoms with E-state index >= 15 is 0 Å². The van der Waals surface area contributed by atoms with Gasteiger partial charge in [-0.1, -0.05) is 44.4 Å². The molecule has 2 N–H and O–H groups in total. The zero-order chi connectivity index (χ0) is 20.0. The lowest BCUT2D eigenvalue weighted by atomic mass is 10.0. The first-order valence-electron chi connectivity index (χ1n) is 9.66. The number of esters is 1. The Morgan fingerprint density at radius 2 is 1.63 bits per heavy atom. The predicted octanol–water partition coefficient (Wildman–Crippen LogP) is 2.74. The molecule has 6 nitrogen and oxygen atoms in total. The molecule has 0 radical (unpaired) electrons.